The van der Waals surface area contributed by atoms with E-state index in [4.69, 9.17) is 13.9 Å². The Morgan fingerprint density at radius 3 is 2.57 bits per heavy atom. The normalized spacial score (nSPS) is 11.2. The molecule has 9 heteroatoms. The number of imidazole rings is 1. The molecule has 2 aromatic carbocycles. The molecule has 0 aliphatic carbocycles. The van der Waals surface area contributed by atoms with Crippen molar-refractivity contribution in [1.29, 1.82) is 0 Å². The standard InChI is InChI=1S/C21H15F3N2O4/c22-13-5-7-14(8-6-13)28-11-15-9-10-18(30-15)20(27)29-12-19-25-16-3-1-2-4-17(16)26(19)21(23)24/h1-10,21H,11-12H2. The number of benzene rings is 2. The van der Waals surface area contributed by atoms with Crippen LogP contribution < -0.4 is 4.74 Å². The minimum Gasteiger partial charge on any atom is -0.486 e. The van der Waals surface area contributed by atoms with Gasteiger partial charge >= 0.3 is 12.5 Å². The third kappa shape index (κ3) is 4.14. The quantitative estimate of drug-likeness (QED) is 0.392. The molecule has 0 amide bonds. The monoisotopic (exact) mass is 416 g/mol. The van der Waals surface area contributed by atoms with Crippen molar-refractivity contribution in [2.45, 2.75) is 19.8 Å². The Bertz CT molecular complexity index is 1170. The van der Waals surface area contributed by atoms with Crippen molar-refractivity contribution in [3.05, 3.63) is 83.8 Å². The van der Waals surface area contributed by atoms with Crippen LogP contribution in [0.3, 0.4) is 0 Å². The molecule has 0 fully saturated rings. The van der Waals surface area contributed by atoms with Gasteiger partial charge < -0.3 is 13.9 Å². The highest BCUT2D eigenvalue weighted by atomic mass is 19.3. The highest BCUT2D eigenvalue weighted by molar-refractivity contribution is 5.86. The number of carbonyl (C=O) groups excluding carboxylic acids is 1. The smallest absolute Gasteiger partial charge is 0.374 e. The van der Waals surface area contributed by atoms with Gasteiger partial charge in [0.25, 0.3) is 0 Å². The molecule has 6 nitrogen and oxygen atoms in total. The Balaban J connectivity index is 1.40. The molecule has 2 heterocycles. The van der Waals surface area contributed by atoms with Gasteiger partial charge in [-0.05, 0) is 48.5 Å². The second kappa shape index (κ2) is 8.32. The van der Waals surface area contributed by atoms with Gasteiger partial charge in [-0.3, -0.25) is 4.57 Å². The van der Waals surface area contributed by atoms with E-state index in [1.807, 2.05) is 0 Å². The number of esters is 1. The van der Waals surface area contributed by atoms with Crippen LogP contribution in [0.2, 0.25) is 0 Å². The minimum atomic E-state index is -2.83. The number of halogens is 3. The summed E-state index contributed by atoms with van der Waals surface area (Å²) in [5.41, 5.74) is 0.624. The summed E-state index contributed by atoms with van der Waals surface area (Å²) in [6.07, 6.45) is 0. The predicted octanol–water partition coefficient (Wildman–Crippen LogP) is 5.10. The highest BCUT2D eigenvalue weighted by Crippen LogP contribution is 2.24. The molecule has 154 valence electrons. The fraction of sp³-hybridized carbons (Fsp3) is 0.143. The molecule has 0 aliphatic rings. The zero-order valence-corrected chi connectivity index (χ0v) is 15.4. The first-order valence-electron chi connectivity index (χ1n) is 8.89. The molecular weight excluding hydrogens is 401 g/mol. The maximum Gasteiger partial charge on any atom is 0.374 e. The van der Waals surface area contributed by atoms with Gasteiger partial charge in [0.15, 0.2) is 5.82 Å². The van der Waals surface area contributed by atoms with E-state index in [2.05, 4.69) is 4.98 Å². The molecule has 4 rings (SSSR count). The third-order valence-corrected chi connectivity index (χ3v) is 4.25. The van der Waals surface area contributed by atoms with E-state index in [9.17, 15) is 18.0 Å². The van der Waals surface area contributed by atoms with Crippen LogP contribution in [-0.2, 0) is 18.0 Å². The van der Waals surface area contributed by atoms with Crippen LogP contribution in [0.1, 0.15) is 28.7 Å². The van der Waals surface area contributed by atoms with Crippen molar-refractivity contribution in [2.75, 3.05) is 0 Å². The SMILES string of the molecule is O=C(OCc1nc2ccccc2n1C(F)F)c1ccc(COc2ccc(F)cc2)o1. The predicted molar refractivity (Wildman–Crippen MR) is 99.5 cm³/mol. The Morgan fingerprint density at radius 2 is 1.80 bits per heavy atom. The number of para-hydroxylation sites is 2. The number of aromatic nitrogens is 2. The van der Waals surface area contributed by atoms with Gasteiger partial charge in [0.05, 0.1) is 11.0 Å². The van der Waals surface area contributed by atoms with E-state index in [1.54, 1.807) is 18.2 Å². The van der Waals surface area contributed by atoms with Crippen LogP contribution in [0.25, 0.3) is 11.0 Å². The first-order chi connectivity index (χ1) is 14.5. The van der Waals surface area contributed by atoms with Crippen molar-refractivity contribution in [2.24, 2.45) is 0 Å². The van der Waals surface area contributed by atoms with Gasteiger partial charge in [0, 0.05) is 0 Å². The largest absolute Gasteiger partial charge is 0.486 e. The van der Waals surface area contributed by atoms with Crippen LogP contribution in [-0.4, -0.2) is 15.5 Å². The molecule has 0 saturated carbocycles. The molecule has 30 heavy (non-hydrogen) atoms. The van der Waals surface area contributed by atoms with Crippen LogP contribution in [0.5, 0.6) is 5.75 Å². The maximum atomic E-state index is 13.4. The van der Waals surface area contributed by atoms with Crippen molar-refractivity contribution in [3.63, 3.8) is 0 Å². The Kier molecular flexibility index (Phi) is 5.42. The van der Waals surface area contributed by atoms with Gasteiger partial charge in [-0.1, -0.05) is 12.1 Å². The lowest BCUT2D eigenvalue weighted by molar-refractivity contribution is 0.0355. The summed E-state index contributed by atoms with van der Waals surface area (Å²) in [7, 11) is 0. The lowest BCUT2D eigenvalue weighted by Crippen LogP contribution is -2.10. The molecule has 4 aromatic rings. The van der Waals surface area contributed by atoms with Gasteiger partial charge in [-0.15, -0.1) is 0 Å². The molecular formula is C21H15F3N2O4. The number of ether oxygens (including phenoxy) is 2. The Labute approximate surface area is 168 Å². The van der Waals surface area contributed by atoms with Crippen molar-refractivity contribution >= 4 is 17.0 Å². The fourth-order valence-corrected chi connectivity index (χ4v) is 2.87. The average molecular weight is 416 g/mol. The number of hydrogen-bond acceptors (Lipinski definition) is 5. The van der Waals surface area contributed by atoms with Crippen LogP contribution in [0.4, 0.5) is 13.2 Å². The van der Waals surface area contributed by atoms with E-state index < -0.39 is 19.1 Å². The lowest BCUT2D eigenvalue weighted by atomic mass is 10.3. The first kappa shape index (κ1) is 19.6. The van der Waals surface area contributed by atoms with Crippen molar-refractivity contribution in [3.8, 4) is 5.75 Å². The molecule has 0 unspecified atom stereocenters. The van der Waals surface area contributed by atoms with E-state index >= 15 is 0 Å². The van der Waals surface area contributed by atoms with Gasteiger partial charge in [-0.25, -0.2) is 14.2 Å². The molecule has 0 aliphatic heterocycles. The maximum absolute atomic E-state index is 13.4. The number of furan rings is 1. The van der Waals surface area contributed by atoms with Crippen LogP contribution in [0, 0.1) is 5.82 Å². The summed E-state index contributed by atoms with van der Waals surface area (Å²) in [6, 6.07) is 14.8. The average Bonchev–Trinajstić information content (AvgIpc) is 3.36. The van der Waals surface area contributed by atoms with E-state index in [-0.39, 0.29) is 29.5 Å². The minimum absolute atomic E-state index is 0.0140. The molecule has 2 aromatic heterocycles. The van der Waals surface area contributed by atoms with Crippen LogP contribution >= 0.6 is 0 Å². The number of carbonyl (C=O) groups is 1. The summed E-state index contributed by atoms with van der Waals surface area (Å²) < 4.78 is 56.3. The second-order valence-electron chi connectivity index (χ2n) is 6.25. The second-order valence-corrected chi connectivity index (χ2v) is 6.25. The number of fused-ring (bicyclic) bond motifs is 1. The topological polar surface area (TPSA) is 66.5 Å². The molecule has 0 N–H and O–H groups in total. The summed E-state index contributed by atoms with van der Waals surface area (Å²) in [5, 5.41) is 0. The molecule has 0 bridgehead atoms. The summed E-state index contributed by atoms with van der Waals surface area (Å²) >= 11 is 0. The molecule has 0 saturated heterocycles. The van der Waals surface area contributed by atoms with E-state index in [0.717, 1.165) is 0 Å². The van der Waals surface area contributed by atoms with Gasteiger partial charge in [0.1, 0.15) is 30.5 Å². The summed E-state index contributed by atoms with van der Waals surface area (Å²) in [4.78, 5) is 16.3. The summed E-state index contributed by atoms with van der Waals surface area (Å²) in [5.74, 6) is -0.617. The number of nitrogens with zero attached hydrogens (tertiary/aromatic N) is 2. The molecule has 0 radical (unpaired) electrons. The molecule has 0 atom stereocenters. The van der Waals surface area contributed by atoms with E-state index in [0.29, 0.717) is 21.6 Å². The Morgan fingerprint density at radius 1 is 1.03 bits per heavy atom. The first-order valence-corrected chi connectivity index (χ1v) is 8.89. The zero-order chi connectivity index (χ0) is 21.1. The summed E-state index contributed by atoms with van der Waals surface area (Å²) in [6.45, 7) is -3.26. The molecule has 0 spiro atoms. The van der Waals surface area contributed by atoms with Crippen LogP contribution in [0.15, 0.2) is 65.1 Å². The number of hydrogen-bond donors (Lipinski definition) is 0. The van der Waals surface area contributed by atoms with Crippen molar-refractivity contribution < 1.29 is 31.9 Å². The zero-order valence-electron chi connectivity index (χ0n) is 15.4. The van der Waals surface area contributed by atoms with E-state index in [1.165, 1.54) is 42.5 Å². The highest BCUT2D eigenvalue weighted by Gasteiger charge is 2.20. The fourth-order valence-electron chi connectivity index (χ4n) is 2.87. The van der Waals surface area contributed by atoms with Crippen molar-refractivity contribution in [1.82, 2.24) is 9.55 Å². The number of alkyl halides is 2. The third-order valence-electron chi connectivity index (χ3n) is 4.25. The van der Waals surface area contributed by atoms with Gasteiger partial charge in [-0.2, -0.15) is 8.78 Å². The lowest BCUT2D eigenvalue weighted by Gasteiger charge is -2.08. The number of rotatable bonds is 7. The van der Waals surface area contributed by atoms with Gasteiger partial charge in [0.2, 0.25) is 5.76 Å². The Hall–Kier alpha value is -3.75.